The molecule has 0 saturated heterocycles. The van der Waals surface area contributed by atoms with E-state index in [1.54, 1.807) is 12.1 Å². The molecule has 0 atom stereocenters. The zero-order valence-corrected chi connectivity index (χ0v) is 10.7. The summed E-state index contributed by atoms with van der Waals surface area (Å²) < 4.78 is 28.1. The average Bonchev–Trinajstić information content (AvgIpc) is 2.37. The van der Waals surface area contributed by atoms with Gasteiger partial charge in [0.25, 0.3) is 0 Å². The molecule has 0 fully saturated rings. The van der Waals surface area contributed by atoms with Crippen LogP contribution in [0.25, 0.3) is 0 Å². The summed E-state index contributed by atoms with van der Waals surface area (Å²) in [6.07, 6.45) is 0.169. The van der Waals surface area contributed by atoms with Gasteiger partial charge < -0.3 is 14.7 Å². The second kappa shape index (κ2) is 7.68. The summed E-state index contributed by atoms with van der Waals surface area (Å²) in [6.45, 7) is -0.297. The van der Waals surface area contributed by atoms with Gasteiger partial charge in [-0.05, 0) is 24.6 Å². The summed E-state index contributed by atoms with van der Waals surface area (Å²) in [5.74, 6) is -0.0482. The van der Waals surface area contributed by atoms with Crippen LogP contribution in [0.2, 0.25) is 0 Å². The Morgan fingerprint density at radius 3 is 2.47 bits per heavy atom. The molecule has 0 aliphatic rings. The molecule has 0 radical (unpaired) electrons. The number of carbonyl (C=O) groups is 1. The number of carbonyl (C=O) groups excluding carboxylic acids is 1. The lowest BCUT2D eigenvalue weighted by molar-refractivity contribution is -0.130. The molecule has 0 heterocycles. The van der Waals surface area contributed by atoms with Crippen LogP contribution in [0, 0.1) is 0 Å². The van der Waals surface area contributed by atoms with Crippen molar-refractivity contribution < 1.29 is 23.4 Å². The van der Waals surface area contributed by atoms with Gasteiger partial charge in [0.15, 0.2) is 0 Å². The van der Waals surface area contributed by atoms with Crippen LogP contribution in [0.5, 0.6) is 5.75 Å². The van der Waals surface area contributed by atoms with Crippen molar-refractivity contribution in [2.75, 3.05) is 19.7 Å². The van der Waals surface area contributed by atoms with Gasteiger partial charge in [0.2, 0.25) is 5.91 Å². The van der Waals surface area contributed by atoms with Crippen LogP contribution >= 0.6 is 0 Å². The van der Waals surface area contributed by atoms with Gasteiger partial charge in [-0.15, -0.1) is 0 Å². The van der Waals surface area contributed by atoms with E-state index >= 15 is 0 Å². The minimum atomic E-state index is -2.85. The van der Waals surface area contributed by atoms with Crippen molar-refractivity contribution in [1.29, 1.82) is 0 Å². The van der Waals surface area contributed by atoms with Gasteiger partial charge in [-0.25, -0.2) is 0 Å². The fraction of sp³-hybridized carbons (Fsp3) is 0.462. The molecule has 0 spiro atoms. The lowest BCUT2D eigenvalue weighted by Crippen LogP contribution is -2.34. The van der Waals surface area contributed by atoms with Crippen molar-refractivity contribution in [3.63, 3.8) is 0 Å². The normalized spacial score (nSPS) is 10.6. The predicted molar refractivity (Wildman–Crippen MR) is 66.1 cm³/mol. The van der Waals surface area contributed by atoms with Crippen LogP contribution in [0.4, 0.5) is 8.78 Å². The summed E-state index contributed by atoms with van der Waals surface area (Å²) in [6, 6.07) is 5.94. The van der Waals surface area contributed by atoms with Crippen molar-refractivity contribution in [2.24, 2.45) is 0 Å². The Hall–Kier alpha value is -1.69. The summed E-state index contributed by atoms with van der Waals surface area (Å²) in [5.41, 5.74) is 0.711. The molecular weight excluding hydrogens is 256 g/mol. The third-order valence-corrected chi connectivity index (χ3v) is 2.61. The Morgan fingerprint density at radius 2 is 2.00 bits per heavy atom. The van der Waals surface area contributed by atoms with Crippen LogP contribution < -0.4 is 4.74 Å². The molecular formula is C13H17F2NO3. The molecule has 0 aromatic heterocycles. The van der Waals surface area contributed by atoms with Gasteiger partial charge in [0.1, 0.15) is 5.75 Å². The van der Waals surface area contributed by atoms with Gasteiger partial charge in [0, 0.05) is 13.1 Å². The summed E-state index contributed by atoms with van der Waals surface area (Å²) >= 11 is 0. The average molecular weight is 273 g/mol. The van der Waals surface area contributed by atoms with E-state index in [0.717, 1.165) is 0 Å². The third-order valence-electron chi connectivity index (χ3n) is 2.61. The van der Waals surface area contributed by atoms with Crippen molar-refractivity contribution in [1.82, 2.24) is 4.90 Å². The number of rotatable bonds is 7. The highest BCUT2D eigenvalue weighted by Crippen LogP contribution is 2.15. The molecule has 1 N–H and O–H groups in total. The molecule has 0 unspecified atom stereocenters. The third kappa shape index (κ3) is 5.21. The highest BCUT2D eigenvalue weighted by molar-refractivity contribution is 5.78. The van der Waals surface area contributed by atoms with Gasteiger partial charge in [0.05, 0.1) is 13.0 Å². The number of hydrogen-bond donors (Lipinski definition) is 1. The minimum Gasteiger partial charge on any atom is -0.435 e. The fourth-order valence-electron chi connectivity index (χ4n) is 1.66. The number of amides is 1. The van der Waals surface area contributed by atoms with E-state index in [1.165, 1.54) is 17.0 Å². The molecule has 1 rings (SSSR count). The lowest BCUT2D eigenvalue weighted by atomic mass is 10.1. The van der Waals surface area contributed by atoms with E-state index in [2.05, 4.69) is 4.74 Å². The van der Waals surface area contributed by atoms with E-state index in [9.17, 15) is 13.6 Å². The Kier molecular flexibility index (Phi) is 6.21. The van der Waals surface area contributed by atoms with Gasteiger partial charge in [-0.2, -0.15) is 8.78 Å². The van der Waals surface area contributed by atoms with Crippen molar-refractivity contribution in [2.45, 2.75) is 20.0 Å². The standard InChI is InChI=1S/C13H17F2NO3/c1-2-16(7-8-17)12(18)9-10-3-5-11(6-4-10)19-13(14)15/h3-6,13,17H,2,7-9H2,1H3. The second-order valence-corrected chi connectivity index (χ2v) is 3.90. The molecule has 6 heteroatoms. The number of nitrogens with zero attached hydrogens (tertiary/aromatic N) is 1. The zero-order valence-electron chi connectivity index (χ0n) is 10.7. The monoisotopic (exact) mass is 273 g/mol. The molecule has 1 aromatic rings. The van der Waals surface area contributed by atoms with Gasteiger partial charge in [-0.3, -0.25) is 4.79 Å². The lowest BCUT2D eigenvalue weighted by Gasteiger charge is -2.19. The molecule has 106 valence electrons. The molecule has 0 aliphatic carbocycles. The maximum atomic E-state index is 12.0. The first-order chi connectivity index (χ1) is 9.06. The quantitative estimate of drug-likeness (QED) is 0.822. The van der Waals surface area contributed by atoms with Gasteiger partial charge >= 0.3 is 6.61 Å². The Labute approximate surface area is 110 Å². The van der Waals surface area contributed by atoms with Crippen LogP contribution in [-0.4, -0.2) is 42.2 Å². The van der Waals surface area contributed by atoms with E-state index in [4.69, 9.17) is 5.11 Å². The Balaban J connectivity index is 2.59. The number of likely N-dealkylation sites (N-methyl/N-ethyl adjacent to an activating group) is 1. The molecule has 4 nitrogen and oxygen atoms in total. The summed E-state index contributed by atoms with van der Waals surface area (Å²) in [5, 5.41) is 8.82. The smallest absolute Gasteiger partial charge is 0.387 e. The van der Waals surface area contributed by atoms with Crippen molar-refractivity contribution in [3.05, 3.63) is 29.8 Å². The zero-order chi connectivity index (χ0) is 14.3. The van der Waals surface area contributed by atoms with Crippen LogP contribution in [-0.2, 0) is 11.2 Å². The molecule has 0 aliphatic heterocycles. The second-order valence-electron chi connectivity index (χ2n) is 3.90. The van der Waals surface area contributed by atoms with Gasteiger partial charge in [-0.1, -0.05) is 12.1 Å². The summed E-state index contributed by atoms with van der Waals surface area (Å²) in [7, 11) is 0. The maximum absolute atomic E-state index is 12.0. The predicted octanol–water partition coefficient (Wildman–Crippen LogP) is 1.67. The number of hydrogen-bond acceptors (Lipinski definition) is 3. The number of halogens is 2. The van der Waals surface area contributed by atoms with E-state index in [0.29, 0.717) is 18.7 Å². The Bertz CT molecular complexity index is 395. The molecule has 0 bridgehead atoms. The largest absolute Gasteiger partial charge is 0.435 e. The number of benzene rings is 1. The fourth-order valence-corrected chi connectivity index (χ4v) is 1.66. The maximum Gasteiger partial charge on any atom is 0.387 e. The summed E-state index contributed by atoms with van der Waals surface area (Å²) in [4.78, 5) is 13.4. The Morgan fingerprint density at radius 1 is 1.37 bits per heavy atom. The van der Waals surface area contributed by atoms with E-state index < -0.39 is 6.61 Å². The topological polar surface area (TPSA) is 49.8 Å². The molecule has 1 aromatic carbocycles. The molecule has 0 saturated carbocycles. The molecule has 1 amide bonds. The number of aliphatic hydroxyl groups is 1. The first kappa shape index (κ1) is 15.4. The van der Waals surface area contributed by atoms with Crippen molar-refractivity contribution >= 4 is 5.91 Å². The van der Waals surface area contributed by atoms with E-state index in [1.807, 2.05) is 6.92 Å². The minimum absolute atomic E-state index is 0.0638. The molecule has 19 heavy (non-hydrogen) atoms. The number of aliphatic hydroxyl groups excluding tert-OH is 1. The van der Waals surface area contributed by atoms with E-state index in [-0.39, 0.29) is 24.7 Å². The first-order valence-electron chi connectivity index (χ1n) is 5.99. The number of ether oxygens (including phenoxy) is 1. The highest BCUT2D eigenvalue weighted by Gasteiger charge is 2.12. The SMILES string of the molecule is CCN(CCO)C(=O)Cc1ccc(OC(F)F)cc1. The van der Waals surface area contributed by atoms with Crippen LogP contribution in [0.15, 0.2) is 24.3 Å². The van der Waals surface area contributed by atoms with Crippen LogP contribution in [0.1, 0.15) is 12.5 Å². The highest BCUT2D eigenvalue weighted by atomic mass is 19.3. The van der Waals surface area contributed by atoms with Crippen molar-refractivity contribution in [3.8, 4) is 5.75 Å². The number of alkyl halides is 2. The first-order valence-corrected chi connectivity index (χ1v) is 5.99. The van der Waals surface area contributed by atoms with Crippen LogP contribution in [0.3, 0.4) is 0 Å².